The Morgan fingerprint density at radius 1 is 1.15 bits per heavy atom. The number of ether oxygens (including phenoxy) is 1. The van der Waals surface area contributed by atoms with E-state index < -0.39 is 0 Å². The van der Waals surface area contributed by atoms with Crippen LogP contribution in [-0.2, 0) is 9.31 Å². The molecule has 0 radical (unpaired) electrons. The molecule has 0 atom stereocenters. The van der Waals surface area contributed by atoms with E-state index >= 15 is 0 Å². The van der Waals surface area contributed by atoms with Gasteiger partial charge in [-0.2, -0.15) is 0 Å². The highest BCUT2D eigenvalue weighted by atomic mass is 16.7. The number of benzene rings is 1. The fourth-order valence-electron chi connectivity index (χ4n) is 2.15. The zero-order valence-corrected chi connectivity index (χ0v) is 13.0. The second-order valence-corrected chi connectivity index (χ2v) is 6.24. The highest BCUT2D eigenvalue weighted by Gasteiger charge is 2.52. The zero-order chi connectivity index (χ0) is 15.0. The number of nitrogens with two attached hydrogens (primary N) is 1. The third kappa shape index (κ3) is 2.85. The van der Waals surface area contributed by atoms with Gasteiger partial charge < -0.3 is 19.8 Å². The Morgan fingerprint density at radius 3 is 2.25 bits per heavy atom. The lowest BCUT2D eigenvalue weighted by atomic mass is 9.76. The van der Waals surface area contributed by atoms with Gasteiger partial charge in [0.1, 0.15) is 12.4 Å². The van der Waals surface area contributed by atoms with E-state index in [9.17, 15) is 0 Å². The van der Waals surface area contributed by atoms with Crippen LogP contribution in [0.15, 0.2) is 18.2 Å². The monoisotopic (exact) mass is 277 g/mol. The molecule has 1 heterocycles. The van der Waals surface area contributed by atoms with E-state index in [0.29, 0.717) is 13.2 Å². The van der Waals surface area contributed by atoms with E-state index in [0.717, 1.165) is 16.8 Å². The molecule has 4 nitrogen and oxygen atoms in total. The first kappa shape index (κ1) is 15.4. The molecule has 2 N–H and O–H groups in total. The molecule has 5 heteroatoms. The fourth-order valence-corrected chi connectivity index (χ4v) is 2.15. The Balaban J connectivity index is 2.19. The topological polar surface area (TPSA) is 53.7 Å². The van der Waals surface area contributed by atoms with Crippen molar-refractivity contribution in [2.75, 3.05) is 13.2 Å². The van der Waals surface area contributed by atoms with Crippen LogP contribution in [0.5, 0.6) is 5.75 Å². The van der Waals surface area contributed by atoms with Gasteiger partial charge in [0.15, 0.2) is 0 Å². The standard InChI is InChI=1S/C15H24BNO3/c1-11-10-12(18-9-8-17)6-7-13(11)16-19-14(2,3)15(4,5)20-16/h6-7,10H,8-9,17H2,1-5H3. The van der Waals surface area contributed by atoms with Crippen LogP contribution in [-0.4, -0.2) is 31.5 Å². The van der Waals surface area contributed by atoms with Crippen LogP contribution in [0.1, 0.15) is 33.3 Å². The predicted octanol–water partition coefficient (Wildman–Crippen LogP) is 1.63. The summed E-state index contributed by atoms with van der Waals surface area (Å²) in [6, 6.07) is 5.93. The predicted molar refractivity (Wildman–Crippen MR) is 81.4 cm³/mol. The maximum absolute atomic E-state index is 6.07. The molecule has 1 aliphatic heterocycles. The molecule has 0 bridgehead atoms. The number of hydrogen-bond acceptors (Lipinski definition) is 4. The first-order valence-electron chi connectivity index (χ1n) is 7.06. The van der Waals surface area contributed by atoms with Gasteiger partial charge in [-0.15, -0.1) is 0 Å². The Labute approximate surface area is 121 Å². The van der Waals surface area contributed by atoms with E-state index in [2.05, 4.69) is 27.7 Å². The van der Waals surface area contributed by atoms with Crippen LogP contribution >= 0.6 is 0 Å². The molecule has 0 unspecified atom stereocenters. The normalized spacial score (nSPS) is 20.2. The van der Waals surface area contributed by atoms with E-state index in [1.54, 1.807) is 0 Å². The zero-order valence-electron chi connectivity index (χ0n) is 13.0. The molecular weight excluding hydrogens is 253 g/mol. The van der Waals surface area contributed by atoms with Crippen LogP contribution in [0, 0.1) is 6.92 Å². The smallest absolute Gasteiger partial charge is 0.492 e. The van der Waals surface area contributed by atoms with Crippen molar-refractivity contribution in [1.29, 1.82) is 0 Å². The number of hydrogen-bond donors (Lipinski definition) is 1. The van der Waals surface area contributed by atoms with E-state index in [1.165, 1.54) is 0 Å². The minimum atomic E-state index is -0.330. The summed E-state index contributed by atoms with van der Waals surface area (Å²) in [6.45, 7) is 11.3. The Morgan fingerprint density at radius 2 is 1.75 bits per heavy atom. The Kier molecular flexibility index (Phi) is 4.14. The molecule has 20 heavy (non-hydrogen) atoms. The van der Waals surface area contributed by atoms with Crippen LogP contribution < -0.4 is 15.9 Å². The molecule has 1 aromatic carbocycles. The minimum absolute atomic E-state index is 0.321. The molecule has 0 aromatic heterocycles. The molecule has 1 saturated heterocycles. The maximum Gasteiger partial charge on any atom is 0.495 e. The van der Waals surface area contributed by atoms with Gasteiger partial charge in [-0.3, -0.25) is 0 Å². The largest absolute Gasteiger partial charge is 0.495 e. The van der Waals surface area contributed by atoms with Crippen molar-refractivity contribution < 1.29 is 14.0 Å². The third-order valence-electron chi connectivity index (χ3n) is 4.14. The van der Waals surface area contributed by atoms with E-state index in [1.807, 2.05) is 25.1 Å². The summed E-state index contributed by atoms with van der Waals surface area (Å²) in [6.07, 6.45) is 0. The van der Waals surface area contributed by atoms with Gasteiger partial charge in [0.05, 0.1) is 11.2 Å². The van der Waals surface area contributed by atoms with Gasteiger partial charge in [0, 0.05) is 6.54 Å². The summed E-state index contributed by atoms with van der Waals surface area (Å²) in [5.74, 6) is 0.827. The summed E-state index contributed by atoms with van der Waals surface area (Å²) >= 11 is 0. The highest BCUT2D eigenvalue weighted by molar-refractivity contribution is 6.62. The molecule has 0 spiro atoms. The van der Waals surface area contributed by atoms with Crippen molar-refractivity contribution in [3.63, 3.8) is 0 Å². The Hall–Kier alpha value is -1.04. The number of rotatable bonds is 4. The van der Waals surface area contributed by atoms with Gasteiger partial charge in [0.2, 0.25) is 0 Å². The number of aryl methyl sites for hydroxylation is 1. The molecule has 110 valence electrons. The summed E-state index contributed by atoms with van der Waals surface area (Å²) in [5, 5.41) is 0. The van der Waals surface area contributed by atoms with Crippen LogP contribution in [0.2, 0.25) is 0 Å². The lowest BCUT2D eigenvalue weighted by Gasteiger charge is -2.32. The van der Waals surface area contributed by atoms with E-state index in [4.69, 9.17) is 19.8 Å². The molecule has 1 aromatic rings. The first-order valence-corrected chi connectivity index (χ1v) is 7.06. The van der Waals surface area contributed by atoms with Crippen LogP contribution in [0.4, 0.5) is 0 Å². The first-order chi connectivity index (χ1) is 9.27. The quantitative estimate of drug-likeness (QED) is 0.850. The van der Waals surface area contributed by atoms with Gasteiger partial charge >= 0.3 is 7.12 Å². The molecular formula is C15H24BNO3. The van der Waals surface area contributed by atoms with Gasteiger partial charge in [0.25, 0.3) is 0 Å². The minimum Gasteiger partial charge on any atom is -0.492 e. The molecule has 2 rings (SSSR count). The second-order valence-electron chi connectivity index (χ2n) is 6.24. The summed E-state index contributed by atoms with van der Waals surface area (Å²) in [4.78, 5) is 0. The van der Waals surface area contributed by atoms with Crippen molar-refractivity contribution in [3.05, 3.63) is 23.8 Å². The molecule has 1 aliphatic rings. The second kappa shape index (κ2) is 5.39. The molecule has 1 fully saturated rings. The average molecular weight is 277 g/mol. The molecule has 0 aliphatic carbocycles. The van der Waals surface area contributed by atoms with Crippen molar-refractivity contribution in [1.82, 2.24) is 0 Å². The summed E-state index contributed by atoms with van der Waals surface area (Å²) < 4.78 is 17.7. The lowest BCUT2D eigenvalue weighted by Crippen LogP contribution is -2.41. The highest BCUT2D eigenvalue weighted by Crippen LogP contribution is 2.36. The van der Waals surface area contributed by atoms with E-state index in [-0.39, 0.29) is 18.3 Å². The summed E-state index contributed by atoms with van der Waals surface area (Å²) in [7, 11) is -0.330. The van der Waals surface area contributed by atoms with Crippen molar-refractivity contribution in [3.8, 4) is 5.75 Å². The van der Waals surface area contributed by atoms with Crippen molar-refractivity contribution in [2.24, 2.45) is 5.73 Å². The van der Waals surface area contributed by atoms with Crippen LogP contribution in [0.25, 0.3) is 0 Å². The average Bonchev–Trinajstić information content (AvgIpc) is 2.55. The SMILES string of the molecule is Cc1cc(OCCN)ccc1B1OC(C)(C)C(C)(C)O1. The van der Waals surface area contributed by atoms with Gasteiger partial charge in [-0.05, 0) is 57.8 Å². The lowest BCUT2D eigenvalue weighted by molar-refractivity contribution is 0.00578. The molecule has 0 saturated carbocycles. The van der Waals surface area contributed by atoms with Gasteiger partial charge in [-0.25, -0.2) is 0 Å². The molecule has 0 amide bonds. The van der Waals surface area contributed by atoms with Gasteiger partial charge in [-0.1, -0.05) is 6.07 Å². The third-order valence-corrected chi connectivity index (χ3v) is 4.14. The summed E-state index contributed by atoms with van der Waals surface area (Å²) in [5.41, 5.74) is 6.94. The van der Waals surface area contributed by atoms with Crippen molar-refractivity contribution in [2.45, 2.75) is 45.8 Å². The fraction of sp³-hybridized carbons (Fsp3) is 0.600. The van der Waals surface area contributed by atoms with Crippen LogP contribution in [0.3, 0.4) is 0 Å². The van der Waals surface area contributed by atoms with Crippen molar-refractivity contribution >= 4 is 12.6 Å². The maximum atomic E-state index is 6.07. The Bertz CT molecular complexity index is 472.